The van der Waals surface area contributed by atoms with E-state index < -0.39 is 5.41 Å². The van der Waals surface area contributed by atoms with E-state index in [2.05, 4.69) is 15.5 Å². The summed E-state index contributed by atoms with van der Waals surface area (Å²) in [7, 11) is 1.92. The predicted molar refractivity (Wildman–Crippen MR) is 78.8 cm³/mol. The van der Waals surface area contributed by atoms with E-state index in [0.717, 1.165) is 25.1 Å². The van der Waals surface area contributed by atoms with E-state index in [1.54, 1.807) is 6.20 Å². The van der Waals surface area contributed by atoms with Gasteiger partial charge in [-0.3, -0.25) is 4.79 Å². The van der Waals surface area contributed by atoms with Gasteiger partial charge >= 0.3 is 0 Å². The predicted octanol–water partition coefficient (Wildman–Crippen LogP) is 0.776. The average molecular weight is 293 g/mol. The molecule has 1 amide bonds. The van der Waals surface area contributed by atoms with Gasteiger partial charge in [0.2, 0.25) is 5.91 Å². The molecular formula is C14H23N5O2. The van der Waals surface area contributed by atoms with Crippen molar-refractivity contribution in [3.63, 3.8) is 0 Å². The summed E-state index contributed by atoms with van der Waals surface area (Å²) in [6.07, 6.45) is 8.45. The number of imidazole rings is 1. The third-order valence-corrected chi connectivity index (χ3v) is 4.29. The molecule has 116 valence electrons. The zero-order valence-corrected chi connectivity index (χ0v) is 12.4. The van der Waals surface area contributed by atoms with Crippen LogP contribution in [0.2, 0.25) is 0 Å². The molecule has 7 heteroatoms. The van der Waals surface area contributed by atoms with Crippen LogP contribution in [0, 0.1) is 5.41 Å². The van der Waals surface area contributed by atoms with Crippen molar-refractivity contribution in [3.8, 4) is 0 Å². The lowest BCUT2D eigenvalue weighted by atomic mass is 9.72. The molecule has 1 aromatic heterocycles. The zero-order chi connectivity index (χ0) is 15.3. The first-order chi connectivity index (χ1) is 10.1. The number of hydrogen-bond acceptors (Lipinski definition) is 4. The summed E-state index contributed by atoms with van der Waals surface area (Å²) in [4.78, 5) is 16.7. The molecule has 0 aromatic carbocycles. The molecule has 0 spiro atoms. The third kappa shape index (κ3) is 3.17. The van der Waals surface area contributed by atoms with Gasteiger partial charge in [-0.2, -0.15) is 0 Å². The quantitative estimate of drug-likeness (QED) is 0.323. The van der Waals surface area contributed by atoms with Crippen LogP contribution in [0.4, 0.5) is 0 Å². The summed E-state index contributed by atoms with van der Waals surface area (Å²) < 4.78 is 1.92. The van der Waals surface area contributed by atoms with Crippen molar-refractivity contribution in [2.75, 3.05) is 6.54 Å². The fourth-order valence-corrected chi connectivity index (χ4v) is 2.94. The minimum Gasteiger partial charge on any atom is -0.409 e. The van der Waals surface area contributed by atoms with Crippen LogP contribution >= 0.6 is 0 Å². The maximum absolute atomic E-state index is 12.5. The summed E-state index contributed by atoms with van der Waals surface area (Å²) in [6.45, 7) is 0.490. The van der Waals surface area contributed by atoms with Gasteiger partial charge in [0, 0.05) is 32.4 Å². The van der Waals surface area contributed by atoms with E-state index in [-0.39, 0.29) is 11.7 Å². The second kappa shape index (κ2) is 6.60. The SMILES string of the molecule is Cn1ccnc1CCNC(=O)C1(C(N)=NO)CCCCC1. The van der Waals surface area contributed by atoms with Crippen molar-refractivity contribution in [3.05, 3.63) is 18.2 Å². The Morgan fingerprint density at radius 3 is 2.81 bits per heavy atom. The van der Waals surface area contributed by atoms with Crippen LogP contribution < -0.4 is 11.1 Å². The summed E-state index contributed by atoms with van der Waals surface area (Å²) in [5.74, 6) is 0.792. The third-order valence-electron chi connectivity index (χ3n) is 4.29. The molecule has 4 N–H and O–H groups in total. The summed E-state index contributed by atoms with van der Waals surface area (Å²) >= 11 is 0. The highest BCUT2D eigenvalue weighted by Crippen LogP contribution is 2.36. The fourth-order valence-electron chi connectivity index (χ4n) is 2.94. The Kier molecular flexibility index (Phi) is 4.82. The van der Waals surface area contributed by atoms with Crippen molar-refractivity contribution in [2.45, 2.75) is 38.5 Å². The maximum Gasteiger partial charge on any atom is 0.233 e. The van der Waals surface area contributed by atoms with Gasteiger partial charge in [-0.25, -0.2) is 4.98 Å². The van der Waals surface area contributed by atoms with Gasteiger partial charge < -0.3 is 20.8 Å². The van der Waals surface area contributed by atoms with Gasteiger partial charge in [-0.05, 0) is 12.8 Å². The Bertz CT molecular complexity index is 517. The van der Waals surface area contributed by atoms with Crippen LogP contribution in [-0.4, -0.2) is 33.0 Å². The van der Waals surface area contributed by atoms with Crippen molar-refractivity contribution >= 4 is 11.7 Å². The minimum absolute atomic E-state index is 0.0247. The molecule has 1 aliphatic carbocycles. The number of rotatable bonds is 5. The summed E-state index contributed by atoms with van der Waals surface area (Å²) in [5, 5.41) is 15.0. The minimum atomic E-state index is -0.853. The molecule has 0 unspecified atom stereocenters. The molecule has 1 heterocycles. The average Bonchev–Trinajstić information content (AvgIpc) is 2.92. The smallest absolute Gasteiger partial charge is 0.233 e. The van der Waals surface area contributed by atoms with Crippen molar-refractivity contribution in [1.29, 1.82) is 0 Å². The first kappa shape index (κ1) is 15.3. The van der Waals surface area contributed by atoms with Crippen molar-refractivity contribution in [1.82, 2.24) is 14.9 Å². The molecule has 1 saturated carbocycles. The van der Waals surface area contributed by atoms with E-state index in [0.29, 0.717) is 25.8 Å². The number of carbonyl (C=O) groups excluding carboxylic acids is 1. The topological polar surface area (TPSA) is 106 Å². The number of nitrogens with one attached hydrogen (secondary N) is 1. The van der Waals surface area contributed by atoms with Gasteiger partial charge in [0.05, 0.1) is 0 Å². The Morgan fingerprint density at radius 1 is 1.52 bits per heavy atom. The fraction of sp³-hybridized carbons (Fsp3) is 0.643. The number of aryl methyl sites for hydroxylation is 1. The number of hydrogen-bond donors (Lipinski definition) is 3. The molecule has 7 nitrogen and oxygen atoms in total. The van der Waals surface area contributed by atoms with E-state index in [4.69, 9.17) is 10.9 Å². The number of nitrogens with two attached hydrogens (primary N) is 1. The Balaban J connectivity index is 1.97. The summed E-state index contributed by atoms with van der Waals surface area (Å²) in [5.41, 5.74) is 4.94. The Morgan fingerprint density at radius 2 is 2.24 bits per heavy atom. The molecular weight excluding hydrogens is 270 g/mol. The highest BCUT2D eigenvalue weighted by Gasteiger charge is 2.43. The van der Waals surface area contributed by atoms with Gasteiger partial charge in [-0.15, -0.1) is 0 Å². The summed E-state index contributed by atoms with van der Waals surface area (Å²) in [6, 6.07) is 0. The normalized spacial score (nSPS) is 18.4. The van der Waals surface area contributed by atoms with Crippen molar-refractivity contribution < 1.29 is 10.0 Å². The lowest BCUT2D eigenvalue weighted by Gasteiger charge is -2.34. The van der Waals surface area contributed by atoms with E-state index in [1.165, 1.54) is 0 Å². The van der Waals surface area contributed by atoms with Crippen LogP contribution in [0.15, 0.2) is 17.5 Å². The van der Waals surface area contributed by atoms with Crippen LogP contribution in [0.1, 0.15) is 37.9 Å². The van der Waals surface area contributed by atoms with Crippen molar-refractivity contribution in [2.24, 2.45) is 23.4 Å². The van der Waals surface area contributed by atoms with Crippen LogP contribution in [0.3, 0.4) is 0 Å². The molecule has 1 aromatic rings. The first-order valence-electron chi connectivity index (χ1n) is 7.32. The lowest BCUT2D eigenvalue weighted by molar-refractivity contribution is -0.129. The molecule has 0 aliphatic heterocycles. The Hall–Kier alpha value is -2.05. The van der Waals surface area contributed by atoms with Gasteiger partial charge in [0.25, 0.3) is 0 Å². The Labute approximate surface area is 124 Å². The van der Waals surface area contributed by atoms with Gasteiger partial charge in [0.15, 0.2) is 5.84 Å². The number of nitrogens with zero attached hydrogens (tertiary/aromatic N) is 3. The number of carbonyl (C=O) groups is 1. The van der Waals surface area contributed by atoms with Crippen LogP contribution in [0.5, 0.6) is 0 Å². The van der Waals surface area contributed by atoms with Gasteiger partial charge in [-0.1, -0.05) is 24.4 Å². The standard InChI is InChI=1S/C14H23N5O2/c1-19-10-9-16-11(19)5-8-17-13(20)14(12(15)18-21)6-3-2-4-7-14/h9-10,21H,2-8H2,1H3,(H2,15,18)(H,17,20). The molecule has 0 saturated heterocycles. The van der Waals surface area contributed by atoms with Crippen LogP contribution in [0.25, 0.3) is 0 Å². The van der Waals surface area contributed by atoms with E-state index in [1.807, 2.05) is 17.8 Å². The lowest BCUT2D eigenvalue weighted by Crippen LogP contribution is -2.51. The zero-order valence-electron chi connectivity index (χ0n) is 12.4. The van der Waals surface area contributed by atoms with E-state index in [9.17, 15) is 4.79 Å². The highest BCUT2D eigenvalue weighted by molar-refractivity contribution is 6.06. The molecule has 1 fully saturated rings. The molecule has 0 bridgehead atoms. The largest absolute Gasteiger partial charge is 0.409 e. The van der Waals surface area contributed by atoms with E-state index >= 15 is 0 Å². The molecule has 1 aliphatic rings. The molecule has 2 rings (SSSR count). The van der Waals surface area contributed by atoms with Crippen LogP contribution in [-0.2, 0) is 18.3 Å². The highest BCUT2D eigenvalue weighted by atomic mass is 16.4. The second-order valence-electron chi connectivity index (χ2n) is 5.59. The number of aromatic nitrogens is 2. The second-order valence-corrected chi connectivity index (χ2v) is 5.59. The first-order valence-corrected chi connectivity index (χ1v) is 7.32. The molecule has 0 radical (unpaired) electrons. The molecule has 0 atom stereocenters. The monoisotopic (exact) mass is 293 g/mol. The maximum atomic E-state index is 12.5. The number of oxime groups is 1. The molecule has 21 heavy (non-hydrogen) atoms. The number of amides is 1. The number of amidine groups is 1. The van der Waals surface area contributed by atoms with Gasteiger partial charge in [0.1, 0.15) is 11.2 Å².